The first-order chi connectivity index (χ1) is 7.27. The summed E-state index contributed by atoms with van der Waals surface area (Å²) in [6.45, 7) is 2.93. The molecule has 0 unspecified atom stereocenters. The van der Waals surface area contributed by atoms with E-state index in [0.29, 0.717) is 13.2 Å². The van der Waals surface area contributed by atoms with Crippen LogP contribution in [0, 0.1) is 0 Å². The van der Waals surface area contributed by atoms with Gasteiger partial charge < -0.3 is 19.7 Å². The summed E-state index contributed by atoms with van der Waals surface area (Å²) in [4.78, 5) is 14.9. The second kappa shape index (κ2) is 6.10. The summed E-state index contributed by atoms with van der Waals surface area (Å²) < 4.78 is 14.5. The van der Waals surface area contributed by atoms with Gasteiger partial charge in [-0.05, 0) is 12.1 Å². The van der Waals surface area contributed by atoms with Crippen LogP contribution in [0.25, 0.3) is 0 Å². The molecular weight excluding hydrogens is 202 g/mol. The van der Waals surface area contributed by atoms with Crippen molar-refractivity contribution in [2.75, 3.05) is 19.8 Å². The number of rotatable bonds is 6. The fourth-order valence-electron chi connectivity index (χ4n) is 0.835. The highest BCUT2D eigenvalue weighted by molar-refractivity contribution is 5.84. The maximum absolute atomic E-state index is 11.1. The molecule has 15 heavy (non-hydrogen) atoms. The molecule has 0 aliphatic heterocycles. The lowest BCUT2D eigenvalue weighted by Gasteiger charge is -1.95. The fraction of sp³-hybridized carbons (Fsp3) is 0.625. The number of esters is 1. The van der Waals surface area contributed by atoms with Gasteiger partial charge in [0.05, 0.1) is 13.2 Å². The molecule has 1 heterocycles. The number of aromatic nitrogens is 2. The van der Waals surface area contributed by atoms with Crippen molar-refractivity contribution in [3.63, 3.8) is 0 Å². The largest absolute Gasteiger partial charge is 0.460 e. The molecule has 0 saturated heterocycles. The van der Waals surface area contributed by atoms with Crippen LogP contribution in [0.4, 0.5) is 0 Å². The molecule has 7 nitrogen and oxygen atoms in total. The Morgan fingerprint density at radius 1 is 1.60 bits per heavy atom. The third kappa shape index (κ3) is 3.64. The van der Waals surface area contributed by atoms with Gasteiger partial charge in [-0.1, -0.05) is 0 Å². The average molecular weight is 215 g/mol. The molecular formula is C8H13N3O4. The van der Waals surface area contributed by atoms with Crippen LogP contribution in [0.3, 0.4) is 0 Å². The van der Waals surface area contributed by atoms with E-state index in [1.807, 2.05) is 0 Å². The van der Waals surface area contributed by atoms with E-state index in [9.17, 15) is 4.79 Å². The van der Waals surface area contributed by atoms with Crippen molar-refractivity contribution in [2.24, 2.45) is 5.73 Å². The summed E-state index contributed by atoms with van der Waals surface area (Å²) in [6, 6.07) is 0. The third-order valence-electron chi connectivity index (χ3n) is 1.41. The van der Waals surface area contributed by atoms with Crippen LogP contribution in [0.5, 0.6) is 0 Å². The summed E-state index contributed by atoms with van der Waals surface area (Å²) >= 11 is 0. The molecule has 1 aromatic heterocycles. The van der Waals surface area contributed by atoms with Gasteiger partial charge in [-0.2, -0.15) is 4.98 Å². The zero-order valence-electron chi connectivity index (χ0n) is 8.43. The van der Waals surface area contributed by atoms with Crippen molar-refractivity contribution in [3.8, 4) is 0 Å². The van der Waals surface area contributed by atoms with Crippen LogP contribution in [-0.4, -0.2) is 35.9 Å². The van der Waals surface area contributed by atoms with Gasteiger partial charge in [-0.15, -0.1) is 0 Å². The highest BCUT2D eigenvalue weighted by Gasteiger charge is 2.15. The van der Waals surface area contributed by atoms with E-state index in [4.69, 9.17) is 15.0 Å². The smallest absolute Gasteiger partial charge is 0.379 e. The molecule has 0 aliphatic rings. The number of hydrogen-bond acceptors (Lipinski definition) is 7. The Bertz CT molecular complexity index is 313. The summed E-state index contributed by atoms with van der Waals surface area (Å²) in [5.41, 5.74) is 5.22. The normalized spacial score (nSPS) is 10.3. The van der Waals surface area contributed by atoms with Crippen LogP contribution in [0.15, 0.2) is 4.52 Å². The lowest BCUT2D eigenvalue weighted by atomic mass is 10.6. The quantitative estimate of drug-likeness (QED) is 0.514. The zero-order valence-corrected chi connectivity index (χ0v) is 8.43. The SMILES string of the molecule is CCOC(=O)c1noc(COCCN)n1. The number of carbonyl (C=O) groups excluding carboxylic acids is 1. The number of nitrogens with zero attached hydrogens (tertiary/aromatic N) is 2. The molecule has 0 amide bonds. The minimum Gasteiger partial charge on any atom is -0.460 e. The highest BCUT2D eigenvalue weighted by atomic mass is 16.5. The molecule has 0 radical (unpaired) electrons. The fourth-order valence-corrected chi connectivity index (χ4v) is 0.835. The van der Waals surface area contributed by atoms with E-state index in [1.165, 1.54) is 0 Å². The third-order valence-corrected chi connectivity index (χ3v) is 1.41. The molecule has 0 spiro atoms. The average Bonchev–Trinajstić information content (AvgIpc) is 2.67. The second-order valence-corrected chi connectivity index (χ2v) is 2.57. The Morgan fingerprint density at radius 3 is 3.07 bits per heavy atom. The predicted molar refractivity (Wildman–Crippen MR) is 49.0 cm³/mol. The first kappa shape index (κ1) is 11.6. The van der Waals surface area contributed by atoms with Gasteiger partial charge >= 0.3 is 5.97 Å². The van der Waals surface area contributed by atoms with E-state index in [1.54, 1.807) is 6.92 Å². The van der Waals surface area contributed by atoms with Gasteiger partial charge in [0.15, 0.2) is 0 Å². The minimum atomic E-state index is -0.605. The van der Waals surface area contributed by atoms with Gasteiger partial charge in [0.1, 0.15) is 6.61 Å². The van der Waals surface area contributed by atoms with Crippen molar-refractivity contribution in [3.05, 3.63) is 11.7 Å². The molecule has 7 heteroatoms. The topological polar surface area (TPSA) is 100 Å². The van der Waals surface area contributed by atoms with Crippen molar-refractivity contribution < 1.29 is 18.8 Å². The van der Waals surface area contributed by atoms with Gasteiger partial charge in [0.2, 0.25) is 0 Å². The highest BCUT2D eigenvalue weighted by Crippen LogP contribution is 2.00. The van der Waals surface area contributed by atoms with Gasteiger partial charge in [0, 0.05) is 6.54 Å². The van der Waals surface area contributed by atoms with Crippen LogP contribution >= 0.6 is 0 Å². The van der Waals surface area contributed by atoms with Crippen molar-refractivity contribution in [1.29, 1.82) is 0 Å². The Morgan fingerprint density at radius 2 is 2.40 bits per heavy atom. The van der Waals surface area contributed by atoms with Gasteiger partial charge in [0.25, 0.3) is 11.7 Å². The number of carbonyl (C=O) groups is 1. The summed E-state index contributed by atoms with van der Waals surface area (Å²) in [6.07, 6.45) is 0. The number of nitrogens with two attached hydrogens (primary N) is 1. The van der Waals surface area contributed by atoms with Crippen molar-refractivity contribution >= 4 is 5.97 Å². The summed E-state index contributed by atoms with van der Waals surface area (Å²) in [7, 11) is 0. The molecule has 2 N–H and O–H groups in total. The monoisotopic (exact) mass is 215 g/mol. The van der Waals surface area contributed by atoms with Gasteiger partial charge in [-0.25, -0.2) is 4.79 Å². The van der Waals surface area contributed by atoms with E-state index < -0.39 is 5.97 Å². The van der Waals surface area contributed by atoms with E-state index in [2.05, 4.69) is 14.9 Å². The second-order valence-electron chi connectivity index (χ2n) is 2.57. The van der Waals surface area contributed by atoms with Crippen LogP contribution < -0.4 is 5.73 Å². The lowest BCUT2D eigenvalue weighted by Crippen LogP contribution is -2.09. The van der Waals surface area contributed by atoms with Crippen LogP contribution in [-0.2, 0) is 16.1 Å². The predicted octanol–water partition coefficient (Wildman–Crippen LogP) is -0.278. The first-order valence-electron chi connectivity index (χ1n) is 4.55. The molecule has 0 atom stereocenters. The molecule has 84 valence electrons. The Labute approximate surface area is 86.5 Å². The Balaban J connectivity index is 2.45. The summed E-state index contributed by atoms with van der Waals surface area (Å²) in [5.74, 6) is -0.471. The minimum absolute atomic E-state index is 0.0943. The molecule has 0 aromatic carbocycles. The van der Waals surface area contributed by atoms with Crippen molar-refractivity contribution in [1.82, 2.24) is 10.1 Å². The van der Waals surface area contributed by atoms with E-state index in [-0.39, 0.29) is 24.9 Å². The van der Waals surface area contributed by atoms with Crippen LogP contribution in [0.2, 0.25) is 0 Å². The first-order valence-corrected chi connectivity index (χ1v) is 4.55. The molecule has 0 bridgehead atoms. The van der Waals surface area contributed by atoms with Crippen molar-refractivity contribution in [2.45, 2.75) is 13.5 Å². The molecule has 0 saturated carbocycles. The maximum atomic E-state index is 11.1. The Hall–Kier alpha value is -1.47. The van der Waals surface area contributed by atoms with Gasteiger partial charge in [-0.3, -0.25) is 0 Å². The lowest BCUT2D eigenvalue weighted by molar-refractivity contribution is 0.0508. The van der Waals surface area contributed by atoms with E-state index in [0.717, 1.165) is 0 Å². The maximum Gasteiger partial charge on any atom is 0.379 e. The number of ether oxygens (including phenoxy) is 2. The molecule has 0 aliphatic carbocycles. The molecule has 1 rings (SSSR count). The Kier molecular flexibility index (Phi) is 4.72. The summed E-state index contributed by atoms with van der Waals surface area (Å²) in [5, 5.41) is 3.44. The van der Waals surface area contributed by atoms with E-state index >= 15 is 0 Å². The number of hydrogen-bond donors (Lipinski definition) is 1. The molecule has 0 fully saturated rings. The standard InChI is InChI=1S/C8H13N3O4/c1-2-14-8(12)7-10-6(15-11-7)5-13-4-3-9/h2-5,9H2,1H3. The van der Waals surface area contributed by atoms with Crippen LogP contribution in [0.1, 0.15) is 23.4 Å². The molecule has 1 aromatic rings. The zero-order chi connectivity index (χ0) is 11.1.